The third kappa shape index (κ3) is 6.23. The van der Waals surface area contributed by atoms with Crippen molar-refractivity contribution in [3.63, 3.8) is 0 Å². The molecule has 0 bridgehead atoms. The molecule has 0 fully saturated rings. The second-order valence-corrected chi connectivity index (χ2v) is 15.1. The van der Waals surface area contributed by atoms with Crippen molar-refractivity contribution in [3.05, 3.63) is 211 Å². The number of anilines is 3. The molecule has 276 valence electrons. The Hall–Kier alpha value is -7.50. The van der Waals surface area contributed by atoms with Crippen molar-refractivity contribution in [3.8, 4) is 67.5 Å². The van der Waals surface area contributed by atoms with Crippen LogP contribution in [0.15, 0.2) is 200 Å². The van der Waals surface area contributed by atoms with Crippen molar-refractivity contribution in [2.24, 2.45) is 0 Å². The van der Waals surface area contributed by atoms with E-state index in [1.165, 1.54) is 11.1 Å². The summed E-state index contributed by atoms with van der Waals surface area (Å²) >= 11 is 0. The first-order valence-electron chi connectivity index (χ1n) is 19.6. The molecule has 1 aliphatic heterocycles. The van der Waals surface area contributed by atoms with Crippen LogP contribution in [0.1, 0.15) is 25.0 Å². The van der Waals surface area contributed by atoms with Crippen LogP contribution in [0, 0.1) is 0 Å². The lowest BCUT2D eigenvalue weighted by molar-refractivity contribution is 0.631. The molecule has 1 aliphatic rings. The fourth-order valence-corrected chi connectivity index (χ4v) is 8.24. The highest BCUT2D eigenvalue weighted by Crippen LogP contribution is 2.53. The van der Waals surface area contributed by atoms with Gasteiger partial charge in [-0.2, -0.15) is 0 Å². The van der Waals surface area contributed by atoms with Crippen molar-refractivity contribution in [1.82, 2.24) is 19.9 Å². The number of nitrogens with zero attached hydrogens (tertiary/aromatic N) is 5. The molecular weight excluding hydrogens is 707 g/mol. The molecular formula is C53H39N5. The standard InChI is InChI=1S/C53H39N5/c1-53(2)45-27-15-17-29-47(45)58(48-30-18-16-28-46(48)53)52-44(51-56-49(38-23-11-5-12-24-38)55-50(57-51)39-25-13-6-14-26-39)34-41(35-54-52)43-33-40(36-19-7-3-8-20-36)31-32-42(43)37-21-9-4-10-22-37/h3-35H,1-2H3. The van der Waals surface area contributed by atoms with Crippen LogP contribution in [-0.2, 0) is 5.41 Å². The Kier molecular flexibility index (Phi) is 8.76. The van der Waals surface area contributed by atoms with Crippen LogP contribution in [0.3, 0.4) is 0 Å². The molecule has 5 nitrogen and oxygen atoms in total. The summed E-state index contributed by atoms with van der Waals surface area (Å²) in [6.07, 6.45) is 2.01. The van der Waals surface area contributed by atoms with Gasteiger partial charge in [0.2, 0.25) is 0 Å². The molecule has 0 spiro atoms. The predicted octanol–water partition coefficient (Wildman–Crippen LogP) is 13.4. The Bertz CT molecular complexity index is 2800. The van der Waals surface area contributed by atoms with Crippen LogP contribution in [0.25, 0.3) is 67.5 Å². The van der Waals surface area contributed by atoms with Crippen LogP contribution >= 0.6 is 0 Å². The highest BCUT2D eigenvalue weighted by Gasteiger charge is 2.38. The van der Waals surface area contributed by atoms with E-state index in [-0.39, 0.29) is 5.41 Å². The smallest absolute Gasteiger partial charge is 0.167 e. The van der Waals surface area contributed by atoms with Crippen LogP contribution in [0.4, 0.5) is 17.2 Å². The summed E-state index contributed by atoms with van der Waals surface area (Å²) in [5.41, 5.74) is 13.5. The van der Waals surface area contributed by atoms with Gasteiger partial charge in [0, 0.05) is 28.3 Å². The van der Waals surface area contributed by atoms with Crippen molar-refractivity contribution in [2.75, 3.05) is 4.90 Å². The van der Waals surface area contributed by atoms with Crippen LogP contribution in [0.2, 0.25) is 0 Å². The monoisotopic (exact) mass is 745 g/mol. The third-order valence-corrected chi connectivity index (χ3v) is 11.2. The summed E-state index contributed by atoms with van der Waals surface area (Å²) in [5.74, 6) is 2.47. The molecule has 0 radical (unpaired) electrons. The van der Waals surface area contributed by atoms with E-state index >= 15 is 0 Å². The molecule has 0 saturated heterocycles. The van der Waals surface area contributed by atoms with Crippen LogP contribution < -0.4 is 4.90 Å². The van der Waals surface area contributed by atoms with Gasteiger partial charge in [-0.1, -0.05) is 184 Å². The van der Waals surface area contributed by atoms with E-state index in [1.807, 2.05) is 66.9 Å². The average molecular weight is 746 g/mol. The van der Waals surface area contributed by atoms with Gasteiger partial charge in [-0.05, 0) is 63.2 Å². The first-order chi connectivity index (χ1) is 28.5. The molecule has 3 heterocycles. The maximum Gasteiger partial charge on any atom is 0.167 e. The highest BCUT2D eigenvalue weighted by atomic mass is 15.2. The number of benzene rings is 7. The van der Waals surface area contributed by atoms with Gasteiger partial charge in [-0.25, -0.2) is 19.9 Å². The van der Waals surface area contributed by atoms with Gasteiger partial charge in [-0.3, -0.25) is 4.90 Å². The summed E-state index contributed by atoms with van der Waals surface area (Å²) in [6, 6.07) is 67.6. The second kappa shape index (κ2) is 14.5. The fraction of sp³-hybridized carbons (Fsp3) is 0.0566. The van der Waals surface area contributed by atoms with Gasteiger partial charge in [0.05, 0.1) is 16.9 Å². The van der Waals surface area contributed by atoms with Gasteiger partial charge in [0.1, 0.15) is 5.82 Å². The fourth-order valence-electron chi connectivity index (χ4n) is 8.24. The Labute approximate surface area is 339 Å². The zero-order chi connectivity index (χ0) is 39.1. The van der Waals surface area contributed by atoms with E-state index in [2.05, 4.69) is 152 Å². The lowest BCUT2D eigenvalue weighted by Crippen LogP contribution is -2.31. The van der Waals surface area contributed by atoms with E-state index in [4.69, 9.17) is 19.9 Å². The van der Waals surface area contributed by atoms with Gasteiger partial charge >= 0.3 is 0 Å². The zero-order valence-electron chi connectivity index (χ0n) is 32.3. The lowest BCUT2D eigenvalue weighted by atomic mass is 9.73. The third-order valence-electron chi connectivity index (χ3n) is 11.2. The molecule has 58 heavy (non-hydrogen) atoms. The van der Waals surface area contributed by atoms with Crippen LogP contribution in [0.5, 0.6) is 0 Å². The highest BCUT2D eigenvalue weighted by molar-refractivity contribution is 5.94. The predicted molar refractivity (Wildman–Crippen MR) is 237 cm³/mol. The number of fused-ring (bicyclic) bond motifs is 2. The maximum atomic E-state index is 5.47. The van der Waals surface area contributed by atoms with Gasteiger partial charge < -0.3 is 0 Å². The molecule has 0 amide bonds. The van der Waals surface area contributed by atoms with Gasteiger partial charge in [0.15, 0.2) is 17.5 Å². The average Bonchev–Trinajstić information content (AvgIpc) is 3.30. The van der Waals surface area contributed by atoms with E-state index < -0.39 is 0 Å². The molecule has 0 atom stereocenters. The van der Waals surface area contributed by atoms with E-state index in [0.717, 1.165) is 67.3 Å². The van der Waals surface area contributed by atoms with Crippen molar-refractivity contribution in [2.45, 2.75) is 19.3 Å². The van der Waals surface area contributed by atoms with E-state index in [0.29, 0.717) is 17.5 Å². The van der Waals surface area contributed by atoms with Crippen LogP contribution in [-0.4, -0.2) is 19.9 Å². The number of rotatable bonds is 7. The number of hydrogen-bond donors (Lipinski definition) is 0. The lowest BCUT2D eigenvalue weighted by Gasteiger charge is -2.41. The Balaban J connectivity index is 1.28. The molecule has 0 unspecified atom stereocenters. The zero-order valence-corrected chi connectivity index (χ0v) is 32.3. The number of para-hydroxylation sites is 2. The molecule has 10 rings (SSSR count). The largest absolute Gasteiger partial charge is 0.294 e. The first-order valence-corrected chi connectivity index (χ1v) is 19.6. The number of hydrogen-bond acceptors (Lipinski definition) is 5. The Morgan fingerprint density at radius 1 is 0.362 bits per heavy atom. The summed E-state index contributed by atoms with van der Waals surface area (Å²) in [7, 11) is 0. The molecule has 7 aromatic carbocycles. The van der Waals surface area contributed by atoms with Crippen molar-refractivity contribution < 1.29 is 0 Å². The number of pyridine rings is 1. The molecule has 5 heteroatoms. The topological polar surface area (TPSA) is 54.8 Å². The van der Waals surface area contributed by atoms with E-state index in [1.54, 1.807) is 0 Å². The summed E-state index contributed by atoms with van der Waals surface area (Å²) in [4.78, 5) is 23.4. The SMILES string of the molecule is CC1(C)c2ccccc2N(c2ncc(-c3cc(-c4ccccc4)ccc3-c3ccccc3)cc2-c2nc(-c3ccccc3)nc(-c3ccccc3)n2)c2ccccc21. The summed E-state index contributed by atoms with van der Waals surface area (Å²) in [5, 5.41) is 0. The minimum Gasteiger partial charge on any atom is -0.294 e. The van der Waals surface area contributed by atoms with E-state index in [9.17, 15) is 0 Å². The van der Waals surface area contributed by atoms with Gasteiger partial charge in [0.25, 0.3) is 0 Å². The summed E-state index contributed by atoms with van der Waals surface area (Å²) in [6.45, 7) is 4.60. The Morgan fingerprint density at radius 2 is 0.810 bits per heavy atom. The Morgan fingerprint density at radius 3 is 1.36 bits per heavy atom. The minimum atomic E-state index is -0.236. The quantitative estimate of drug-likeness (QED) is 0.163. The minimum absolute atomic E-state index is 0.236. The van der Waals surface area contributed by atoms with Crippen molar-refractivity contribution in [1.29, 1.82) is 0 Å². The molecule has 0 N–H and O–H groups in total. The normalized spacial score (nSPS) is 12.8. The molecule has 9 aromatic rings. The van der Waals surface area contributed by atoms with Crippen molar-refractivity contribution >= 4 is 17.2 Å². The maximum absolute atomic E-state index is 5.47. The summed E-state index contributed by atoms with van der Waals surface area (Å²) < 4.78 is 0. The van der Waals surface area contributed by atoms with Gasteiger partial charge in [-0.15, -0.1) is 0 Å². The second-order valence-electron chi connectivity index (χ2n) is 15.1. The molecule has 0 aliphatic carbocycles. The molecule has 2 aromatic heterocycles. The first kappa shape index (κ1) is 35.0. The number of aromatic nitrogens is 4. The molecule has 0 saturated carbocycles.